The average Bonchev–Trinajstić information content (AvgIpc) is 3.72. The van der Waals surface area contributed by atoms with E-state index in [0.717, 1.165) is 35.1 Å². The highest BCUT2D eigenvalue weighted by Gasteiger charge is 2.48. The summed E-state index contributed by atoms with van der Waals surface area (Å²) in [6, 6.07) is 35.1. The first kappa shape index (κ1) is 29.1. The highest BCUT2D eigenvalue weighted by molar-refractivity contribution is 5.86. The molecule has 2 aliphatic rings. The van der Waals surface area contributed by atoms with E-state index in [1.807, 2.05) is 18.3 Å². The van der Waals surface area contributed by atoms with Crippen molar-refractivity contribution in [3.05, 3.63) is 155 Å². The lowest BCUT2D eigenvalue weighted by atomic mass is 9.69. The van der Waals surface area contributed by atoms with Gasteiger partial charge in [-0.1, -0.05) is 81.4 Å². The van der Waals surface area contributed by atoms with Crippen molar-refractivity contribution in [3.63, 3.8) is 0 Å². The Hall–Kier alpha value is -5.36. The second kappa shape index (κ2) is 10.6. The molecule has 0 saturated carbocycles. The molecule has 8 rings (SSSR count). The van der Waals surface area contributed by atoms with Crippen LogP contribution in [0, 0.1) is 13.8 Å². The van der Waals surface area contributed by atoms with Crippen molar-refractivity contribution in [1.82, 2.24) is 19.3 Å². The van der Waals surface area contributed by atoms with Crippen LogP contribution in [0.4, 0.5) is 5.69 Å². The van der Waals surface area contributed by atoms with Gasteiger partial charge in [-0.15, -0.1) is 0 Å². The molecule has 0 N–H and O–H groups in total. The third-order valence-electron chi connectivity index (χ3n) is 9.81. The van der Waals surface area contributed by atoms with Crippen molar-refractivity contribution < 1.29 is 4.74 Å². The summed E-state index contributed by atoms with van der Waals surface area (Å²) in [5.41, 5.74) is 11.8. The summed E-state index contributed by atoms with van der Waals surface area (Å²) < 4.78 is 8.99. The molecule has 6 heteroatoms. The number of aryl methyl sites for hydroxylation is 2. The SMILES string of the molecule is Cc1nc2cc(Oc3cc(C(C)(C)C)ccn3)cc(C3(c4cccc(N5C=CN(C)C5)c4)c4ccccc4-c4ccccc43)n2c1C. The zero-order valence-electron chi connectivity index (χ0n) is 27.8. The van der Waals surface area contributed by atoms with Gasteiger partial charge in [0, 0.05) is 60.9 Å². The Balaban J connectivity index is 1.44. The van der Waals surface area contributed by atoms with Gasteiger partial charge in [-0.3, -0.25) is 4.40 Å². The fraction of sp³-hybridized carbons (Fsp3) is 0.220. The van der Waals surface area contributed by atoms with Gasteiger partial charge in [0.1, 0.15) is 11.4 Å². The van der Waals surface area contributed by atoms with Crippen LogP contribution in [0.15, 0.2) is 116 Å². The number of imidazole rings is 1. The van der Waals surface area contributed by atoms with E-state index < -0.39 is 5.41 Å². The van der Waals surface area contributed by atoms with Crippen LogP contribution >= 0.6 is 0 Å². The number of anilines is 1. The largest absolute Gasteiger partial charge is 0.439 e. The Morgan fingerprint density at radius 3 is 2.19 bits per heavy atom. The lowest BCUT2D eigenvalue weighted by molar-refractivity contribution is 0.456. The highest BCUT2D eigenvalue weighted by Crippen LogP contribution is 2.57. The predicted molar refractivity (Wildman–Crippen MR) is 189 cm³/mol. The van der Waals surface area contributed by atoms with E-state index in [-0.39, 0.29) is 5.41 Å². The molecule has 1 aliphatic heterocycles. The van der Waals surface area contributed by atoms with Gasteiger partial charge < -0.3 is 14.5 Å². The monoisotopic (exact) mass is 617 g/mol. The van der Waals surface area contributed by atoms with Crippen LogP contribution in [-0.2, 0) is 10.8 Å². The summed E-state index contributed by atoms with van der Waals surface area (Å²) in [5.74, 6) is 1.28. The summed E-state index contributed by atoms with van der Waals surface area (Å²) in [6.45, 7) is 11.7. The maximum Gasteiger partial charge on any atom is 0.219 e. The van der Waals surface area contributed by atoms with Gasteiger partial charge in [-0.25, -0.2) is 9.97 Å². The van der Waals surface area contributed by atoms with Crippen LogP contribution in [0.25, 0.3) is 16.8 Å². The second-order valence-corrected chi connectivity index (χ2v) is 13.8. The molecule has 0 radical (unpaired) electrons. The highest BCUT2D eigenvalue weighted by atomic mass is 16.5. The molecule has 6 nitrogen and oxygen atoms in total. The third kappa shape index (κ3) is 4.54. The molecular formula is C41H39N5O. The Bertz CT molecular complexity index is 2160. The maximum atomic E-state index is 6.66. The Morgan fingerprint density at radius 2 is 1.51 bits per heavy atom. The van der Waals surface area contributed by atoms with Gasteiger partial charge in [-0.2, -0.15) is 0 Å². The minimum absolute atomic E-state index is 0.0286. The normalized spacial score (nSPS) is 14.9. The van der Waals surface area contributed by atoms with Crippen LogP contribution in [0.3, 0.4) is 0 Å². The zero-order chi connectivity index (χ0) is 32.5. The van der Waals surface area contributed by atoms with E-state index in [1.165, 1.54) is 33.4 Å². The van der Waals surface area contributed by atoms with Crippen molar-refractivity contribution in [2.45, 2.75) is 45.4 Å². The molecule has 0 amide bonds. The van der Waals surface area contributed by atoms with Gasteiger partial charge in [0.2, 0.25) is 5.88 Å². The first-order valence-electron chi connectivity index (χ1n) is 16.2. The first-order chi connectivity index (χ1) is 22.6. The number of benzene rings is 3. The zero-order valence-corrected chi connectivity index (χ0v) is 27.8. The van der Waals surface area contributed by atoms with E-state index in [0.29, 0.717) is 11.6 Å². The molecule has 0 unspecified atom stereocenters. The molecule has 0 spiro atoms. The Kier molecular flexibility index (Phi) is 6.55. The molecule has 0 atom stereocenters. The van der Waals surface area contributed by atoms with Crippen molar-refractivity contribution in [3.8, 4) is 22.8 Å². The molecule has 6 aromatic rings. The van der Waals surface area contributed by atoms with Crippen molar-refractivity contribution in [2.24, 2.45) is 0 Å². The fourth-order valence-corrected chi connectivity index (χ4v) is 7.38. The number of aromatic nitrogens is 3. The first-order valence-corrected chi connectivity index (χ1v) is 16.2. The molecule has 0 fully saturated rings. The van der Waals surface area contributed by atoms with Crippen molar-refractivity contribution in [1.29, 1.82) is 0 Å². The second-order valence-electron chi connectivity index (χ2n) is 13.8. The minimum atomic E-state index is -0.658. The lowest BCUT2D eigenvalue weighted by Crippen LogP contribution is -2.32. The van der Waals surface area contributed by atoms with Crippen molar-refractivity contribution >= 4 is 11.3 Å². The van der Waals surface area contributed by atoms with Crippen LogP contribution in [0.1, 0.15) is 60.1 Å². The summed E-state index contributed by atoms with van der Waals surface area (Å²) in [7, 11) is 2.10. The molecule has 0 bridgehead atoms. The number of pyridine rings is 2. The number of ether oxygens (including phenoxy) is 1. The molecule has 3 aromatic carbocycles. The van der Waals surface area contributed by atoms with Gasteiger partial charge in [0.25, 0.3) is 0 Å². The maximum absolute atomic E-state index is 6.66. The van der Waals surface area contributed by atoms with E-state index in [2.05, 4.69) is 158 Å². The topological polar surface area (TPSA) is 45.9 Å². The van der Waals surface area contributed by atoms with Crippen LogP contribution in [0.5, 0.6) is 11.6 Å². The number of fused-ring (bicyclic) bond motifs is 4. The molecule has 234 valence electrons. The Labute approximate surface area is 276 Å². The molecular weight excluding hydrogens is 578 g/mol. The number of hydrogen-bond acceptors (Lipinski definition) is 5. The van der Waals surface area contributed by atoms with E-state index in [1.54, 1.807) is 0 Å². The van der Waals surface area contributed by atoms with Gasteiger partial charge in [-0.05, 0) is 70.8 Å². The molecule has 3 aromatic heterocycles. The number of rotatable bonds is 5. The van der Waals surface area contributed by atoms with Crippen LogP contribution in [-0.4, -0.2) is 33.0 Å². The Morgan fingerprint density at radius 1 is 0.787 bits per heavy atom. The third-order valence-corrected chi connectivity index (χ3v) is 9.81. The molecule has 1 aliphatic carbocycles. The van der Waals surface area contributed by atoms with Gasteiger partial charge in [0.15, 0.2) is 0 Å². The summed E-state index contributed by atoms with van der Waals surface area (Å²) in [4.78, 5) is 14.2. The fourth-order valence-electron chi connectivity index (χ4n) is 7.38. The molecule has 47 heavy (non-hydrogen) atoms. The minimum Gasteiger partial charge on any atom is -0.439 e. The quantitative estimate of drug-likeness (QED) is 0.193. The number of nitrogens with zero attached hydrogens (tertiary/aromatic N) is 5. The lowest BCUT2D eigenvalue weighted by Gasteiger charge is -2.35. The van der Waals surface area contributed by atoms with Gasteiger partial charge in [0.05, 0.1) is 17.8 Å². The summed E-state index contributed by atoms with van der Waals surface area (Å²) in [6.07, 6.45) is 6.10. The summed E-state index contributed by atoms with van der Waals surface area (Å²) in [5, 5.41) is 0. The van der Waals surface area contributed by atoms with Crippen LogP contribution < -0.4 is 9.64 Å². The molecule has 0 saturated heterocycles. The van der Waals surface area contributed by atoms with E-state index in [4.69, 9.17) is 9.72 Å². The standard InChI is InChI=1S/C41H39N5O/c1-27-28(2)46-37(24-32(25-38(46)43-27)47-39-23-29(18-19-42-39)40(3,4)5)41(30-12-11-13-31(22-30)45-21-20-44(6)26-45)35-16-9-7-14-33(35)34-15-8-10-17-36(34)41/h7-25H,26H2,1-6H3. The van der Waals surface area contributed by atoms with Crippen LogP contribution in [0.2, 0.25) is 0 Å². The smallest absolute Gasteiger partial charge is 0.219 e. The van der Waals surface area contributed by atoms with Gasteiger partial charge >= 0.3 is 0 Å². The van der Waals surface area contributed by atoms with E-state index >= 15 is 0 Å². The average molecular weight is 618 g/mol. The van der Waals surface area contributed by atoms with Crippen molar-refractivity contribution in [2.75, 3.05) is 18.6 Å². The van der Waals surface area contributed by atoms with E-state index in [9.17, 15) is 0 Å². The number of hydrogen-bond donors (Lipinski definition) is 0. The summed E-state index contributed by atoms with van der Waals surface area (Å²) >= 11 is 0. The molecule has 4 heterocycles. The predicted octanol–water partition coefficient (Wildman–Crippen LogP) is 8.98.